The predicted octanol–water partition coefficient (Wildman–Crippen LogP) is 1.000. The van der Waals surface area contributed by atoms with E-state index in [9.17, 15) is 0 Å². The maximum atomic E-state index is 8.23. The lowest BCUT2D eigenvalue weighted by molar-refractivity contribution is -0.182. The second-order valence-corrected chi connectivity index (χ2v) is 6.25. The van der Waals surface area contributed by atoms with Gasteiger partial charge >= 0.3 is 8.80 Å². The smallest absolute Gasteiger partial charge is 0.377 e. The zero-order chi connectivity index (χ0) is 11.7. The average molecular weight is 238 g/mol. The first-order valence-electron chi connectivity index (χ1n) is 5.09. The van der Waals surface area contributed by atoms with E-state index >= 15 is 0 Å². The molecule has 0 saturated carbocycles. The van der Waals surface area contributed by atoms with E-state index in [1.54, 1.807) is 21.3 Å². The molecular formula is C9H22O5Si. The van der Waals surface area contributed by atoms with E-state index < -0.39 is 15.1 Å². The summed E-state index contributed by atoms with van der Waals surface area (Å²) in [5.74, 6) is 0. The highest BCUT2D eigenvalue weighted by Crippen LogP contribution is 2.13. The summed E-state index contributed by atoms with van der Waals surface area (Å²) in [6, 6.07) is 0.885. The van der Waals surface area contributed by atoms with Crippen molar-refractivity contribution in [1.29, 1.82) is 0 Å². The number of hydrogen-bond donors (Lipinski definition) is 1. The van der Waals surface area contributed by atoms with Gasteiger partial charge in [-0.3, -0.25) is 0 Å². The lowest BCUT2D eigenvalue weighted by Gasteiger charge is -2.23. The SMILES string of the molecule is CCC[Si](OC)(OC)OC.OC1CCO1. The van der Waals surface area contributed by atoms with Crippen LogP contribution >= 0.6 is 0 Å². The van der Waals surface area contributed by atoms with Crippen LogP contribution in [0.3, 0.4) is 0 Å². The fraction of sp³-hybridized carbons (Fsp3) is 1.00. The van der Waals surface area contributed by atoms with Crippen LogP contribution in [0.2, 0.25) is 6.04 Å². The Morgan fingerprint density at radius 1 is 1.27 bits per heavy atom. The summed E-state index contributed by atoms with van der Waals surface area (Å²) in [6.07, 6.45) is 1.41. The minimum Gasteiger partial charge on any atom is -0.377 e. The Morgan fingerprint density at radius 3 is 1.73 bits per heavy atom. The summed E-state index contributed by atoms with van der Waals surface area (Å²) in [7, 11) is 2.68. The standard InChI is InChI=1S/C6H16O3Si.C3H6O2/c1-5-6-10(7-2,8-3)9-4;4-3-1-2-5-3/h5-6H2,1-4H3;3-4H,1-2H2. The molecule has 0 aliphatic carbocycles. The molecule has 1 unspecified atom stereocenters. The van der Waals surface area contributed by atoms with Crippen molar-refractivity contribution in [1.82, 2.24) is 0 Å². The Labute approximate surface area is 92.7 Å². The average Bonchev–Trinajstić information content (AvgIpc) is 2.24. The third-order valence-electron chi connectivity index (χ3n) is 2.16. The van der Waals surface area contributed by atoms with Crippen LogP contribution < -0.4 is 0 Å². The van der Waals surface area contributed by atoms with Crippen molar-refractivity contribution in [2.24, 2.45) is 0 Å². The fourth-order valence-electron chi connectivity index (χ4n) is 1.09. The third-order valence-corrected chi connectivity index (χ3v) is 5.14. The van der Waals surface area contributed by atoms with Crippen molar-refractivity contribution in [3.63, 3.8) is 0 Å². The van der Waals surface area contributed by atoms with E-state index in [-0.39, 0.29) is 0 Å². The Balaban J connectivity index is 0.000000322. The van der Waals surface area contributed by atoms with Crippen molar-refractivity contribution in [3.8, 4) is 0 Å². The van der Waals surface area contributed by atoms with Crippen LogP contribution in [-0.2, 0) is 18.0 Å². The highest BCUT2D eigenvalue weighted by atomic mass is 28.4. The van der Waals surface area contributed by atoms with E-state index in [0.717, 1.165) is 25.5 Å². The molecule has 1 aliphatic rings. The summed E-state index contributed by atoms with van der Waals surface area (Å²) >= 11 is 0. The van der Waals surface area contributed by atoms with Crippen LogP contribution in [0.5, 0.6) is 0 Å². The van der Waals surface area contributed by atoms with Gasteiger partial charge in [0.2, 0.25) is 0 Å². The minimum absolute atomic E-state index is 0.435. The van der Waals surface area contributed by atoms with Gasteiger partial charge in [-0.2, -0.15) is 0 Å². The highest BCUT2D eigenvalue weighted by molar-refractivity contribution is 6.60. The van der Waals surface area contributed by atoms with Crippen molar-refractivity contribution in [2.75, 3.05) is 27.9 Å². The van der Waals surface area contributed by atoms with Gasteiger partial charge in [0.05, 0.1) is 6.61 Å². The van der Waals surface area contributed by atoms with E-state index in [1.807, 2.05) is 0 Å². The highest BCUT2D eigenvalue weighted by Gasteiger charge is 2.36. The van der Waals surface area contributed by atoms with Crippen molar-refractivity contribution in [2.45, 2.75) is 32.1 Å². The second kappa shape index (κ2) is 8.20. The number of hydrogen-bond acceptors (Lipinski definition) is 5. The van der Waals surface area contributed by atoms with Gasteiger partial charge in [0, 0.05) is 33.8 Å². The first-order valence-corrected chi connectivity index (χ1v) is 7.02. The number of aliphatic hydroxyl groups is 1. The van der Waals surface area contributed by atoms with Crippen molar-refractivity contribution >= 4 is 8.80 Å². The van der Waals surface area contributed by atoms with Gasteiger partial charge in [0.25, 0.3) is 0 Å². The van der Waals surface area contributed by atoms with Crippen LogP contribution in [0.15, 0.2) is 0 Å². The molecule has 1 aliphatic heterocycles. The second-order valence-electron chi connectivity index (χ2n) is 3.16. The summed E-state index contributed by atoms with van der Waals surface area (Å²) in [5, 5.41) is 8.23. The molecule has 0 bridgehead atoms. The van der Waals surface area contributed by atoms with Crippen LogP contribution in [0.4, 0.5) is 0 Å². The quantitative estimate of drug-likeness (QED) is 0.724. The molecule has 1 N–H and O–H groups in total. The fourth-order valence-corrected chi connectivity index (χ4v) is 2.81. The van der Waals surface area contributed by atoms with Crippen molar-refractivity contribution < 1.29 is 23.1 Å². The van der Waals surface area contributed by atoms with Gasteiger partial charge in [-0.05, 0) is 0 Å². The predicted molar refractivity (Wildman–Crippen MR) is 58.5 cm³/mol. The molecule has 1 heterocycles. The molecule has 1 atom stereocenters. The van der Waals surface area contributed by atoms with Crippen molar-refractivity contribution in [3.05, 3.63) is 0 Å². The zero-order valence-corrected chi connectivity index (χ0v) is 11.0. The van der Waals surface area contributed by atoms with Gasteiger partial charge < -0.3 is 23.1 Å². The lowest BCUT2D eigenvalue weighted by Crippen LogP contribution is -2.42. The first kappa shape index (κ1) is 15.0. The Bertz CT molecular complexity index is 139. The van der Waals surface area contributed by atoms with E-state index in [0.29, 0.717) is 0 Å². The monoisotopic (exact) mass is 238 g/mol. The van der Waals surface area contributed by atoms with Gasteiger partial charge in [-0.25, -0.2) is 0 Å². The zero-order valence-electron chi connectivity index (χ0n) is 9.99. The summed E-state index contributed by atoms with van der Waals surface area (Å²) in [5.41, 5.74) is 0. The molecule has 0 aromatic heterocycles. The van der Waals surface area contributed by atoms with Crippen LogP contribution in [0, 0.1) is 0 Å². The van der Waals surface area contributed by atoms with Gasteiger partial charge in [0.15, 0.2) is 6.29 Å². The Kier molecular flexibility index (Phi) is 8.21. The number of rotatable bonds is 5. The van der Waals surface area contributed by atoms with Crippen LogP contribution in [0.1, 0.15) is 19.8 Å². The molecule has 1 saturated heterocycles. The van der Waals surface area contributed by atoms with Crippen LogP contribution in [0.25, 0.3) is 0 Å². The number of aliphatic hydroxyl groups excluding tert-OH is 1. The normalized spacial score (nSPS) is 20.2. The van der Waals surface area contributed by atoms with E-state index in [4.69, 9.17) is 18.4 Å². The lowest BCUT2D eigenvalue weighted by atomic mass is 10.4. The molecule has 0 aromatic rings. The minimum atomic E-state index is -2.22. The molecule has 0 radical (unpaired) electrons. The third kappa shape index (κ3) is 5.60. The molecule has 6 heteroatoms. The first-order chi connectivity index (χ1) is 7.14. The molecule has 0 amide bonds. The van der Waals surface area contributed by atoms with Gasteiger partial charge in [-0.1, -0.05) is 13.3 Å². The Hall–Kier alpha value is 0.0169. The summed E-state index contributed by atoms with van der Waals surface area (Å²) in [6.45, 7) is 2.82. The van der Waals surface area contributed by atoms with E-state index in [2.05, 4.69) is 11.7 Å². The molecule has 1 rings (SSSR count). The number of ether oxygens (including phenoxy) is 1. The molecule has 1 fully saturated rings. The van der Waals surface area contributed by atoms with Gasteiger partial charge in [-0.15, -0.1) is 0 Å². The summed E-state index contributed by atoms with van der Waals surface area (Å²) in [4.78, 5) is 0. The maximum absolute atomic E-state index is 8.23. The Morgan fingerprint density at radius 2 is 1.67 bits per heavy atom. The molecule has 0 aromatic carbocycles. The molecule has 0 spiro atoms. The molecular weight excluding hydrogens is 216 g/mol. The van der Waals surface area contributed by atoms with Crippen LogP contribution in [-0.4, -0.2) is 48.1 Å². The largest absolute Gasteiger partial charge is 0.500 e. The van der Waals surface area contributed by atoms with E-state index in [1.165, 1.54) is 0 Å². The van der Waals surface area contributed by atoms with Gasteiger partial charge in [0.1, 0.15) is 0 Å². The molecule has 5 nitrogen and oxygen atoms in total. The topological polar surface area (TPSA) is 57.2 Å². The molecule has 15 heavy (non-hydrogen) atoms. The summed E-state index contributed by atoms with van der Waals surface area (Å²) < 4.78 is 20.0. The maximum Gasteiger partial charge on any atom is 0.500 e. The molecule has 92 valence electrons.